The molecule has 2 amide bonds. The molecule has 0 saturated carbocycles. The molecule has 1 N–H and O–H groups in total. The summed E-state index contributed by atoms with van der Waals surface area (Å²) in [5, 5.41) is 22.3. The molecule has 2 aliphatic rings. The van der Waals surface area contributed by atoms with E-state index >= 15 is 0 Å². The second-order valence-electron chi connectivity index (χ2n) is 7.03. The molecule has 34 heavy (non-hydrogen) atoms. The number of carbonyl (C=O) groups is 3. The number of hydrogen-bond donors (Lipinski definition) is 1. The van der Waals surface area contributed by atoms with E-state index in [0.29, 0.717) is 21.4 Å². The summed E-state index contributed by atoms with van der Waals surface area (Å²) < 4.78 is 2.03. The van der Waals surface area contributed by atoms with Crippen molar-refractivity contribution < 1.29 is 49.0 Å². The van der Waals surface area contributed by atoms with E-state index in [1.54, 1.807) is 0 Å². The Morgan fingerprint density at radius 3 is 2.53 bits per heavy atom. The molecular weight excluding hydrogens is 556 g/mol. The van der Waals surface area contributed by atoms with E-state index in [2.05, 4.69) is 15.5 Å². The van der Waals surface area contributed by atoms with Crippen LogP contribution in [0.25, 0.3) is 0 Å². The van der Waals surface area contributed by atoms with Gasteiger partial charge in [0.1, 0.15) is 33.0 Å². The van der Waals surface area contributed by atoms with E-state index in [1.807, 2.05) is 6.92 Å². The number of pyridine rings is 1. The molecule has 2 aromatic rings. The van der Waals surface area contributed by atoms with Crippen LogP contribution in [0.2, 0.25) is 10.0 Å². The average Bonchev–Trinajstić information content (AvgIpc) is 3.18. The van der Waals surface area contributed by atoms with Gasteiger partial charge in [0.05, 0.1) is 11.7 Å². The Balaban J connectivity index is 0.00000324. The van der Waals surface area contributed by atoms with E-state index in [4.69, 9.17) is 23.2 Å². The molecule has 0 aliphatic carbocycles. The summed E-state index contributed by atoms with van der Waals surface area (Å²) in [7, 11) is 0. The summed E-state index contributed by atoms with van der Waals surface area (Å²) in [4.78, 5) is 49.8. The number of carbonyl (C=O) groups excluding carboxylic acids is 3. The summed E-state index contributed by atoms with van der Waals surface area (Å²) in [6.45, 7) is 1.59. The molecule has 4 rings (SSSR count). The zero-order valence-electron chi connectivity index (χ0n) is 17.7. The summed E-state index contributed by atoms with van der Waals surface area (Å²) in [6.07, 6.45) is 2.53. The van der Waals surface area contributed by atoms with Gasteiger partial charge >= 0.3 is 29.6 Å². The zero-order valence-corrected chi connectivity index (χ0v) is 23.7. The molecule has 2 aliphatic heterocycles. The topological polar surface area (TPSA) is 137 Å². The second kappa shape index (κ2) is 11.3. The number of carboxylic acids is 1. The van der Waals surface area contributed by atoms with Crippen molar-refractivity contribution in [2.75, 3.05) is 11.5 Å². The van der Waals surface area contributed by atoms with E-state index in [9.17, 15) is 24.3 Å². The number of halogens is 2. The quantitative estimate of drug-likeness (QED) is 0.218. The third kappa shape index (κ3) is 5.67. The Bertz CT molecular complexity index is 1230. The van der Waals surface area contributed by atoms with Gasteiger partial charge < -0.3 is 19.8 Å². The van der Waals surface area contributed by atoms with Crippen molar-refractivity contribution in [3.05, 3.63) is 48.9 Å². The number of rotatable bonds is 7. The van der Waals surface area contributed by atoms with Gasteiger partial charge in [0.25, 0.3) is 5.91 Å². The minimum atomic E-state index is -1.44. The van der Waals surface area contributed by atoms with Crippen LogP contribution in [0, 0.1) is 6.92 Å². The second-order valence-corrected chi connectivity index (χ2v) is 11.3. The largest absolute Gasteiger partial charge is 1.00 e. The van der Waals surface area contributed by atoms with E-state index < -0.39 is 34.6 Å². The predicted molar refractivity (Wildman–Crippen MR) is 123 cm³/mol. The van der Waals surface area contributed by atoms with Crippen molar-refractivity contribution in [2.45, 2.75) is 29.2 Å². The van der Waals surface area contributed by atoms with Crippen LogP contribution in [0.3, 0.4) is 0 Å². The van der Waals surface area contributed by atoms with Crippen LogP contribution in [0.4, 0.5) is 0 Å². The number of fused-ring (bicyclic) bond motifs is 1. The van der Waals surface area contributed by atoms with Gasteiger partial charge in [-0.25, -0.2) is 0 Å². The number of thioether (sulfide) groups is 2. The fourth-order valence-electron chi connectivity index (χ4n) is 3.30. The molecule has 2 unspecified atom stereocenters. The van der Waals surface area contributed by atoms with Crippen molar-refractivity contribution in [2.24, 2.45) is 0 Å². The molecule has 2 aromatic heterocycles. The van der Waals surface area contributed by atoms with E-state index in [1.165, 1.54) is 51.8 Å². The molecule has 0 aromatic carbocycles. The van der Waals surface area contributed by atoms with Crippen molar-refractivity contribution in [3.63, 3.8) is 0 Å². The Morgan fingerprint density at radius 1 is 1.26 bits per heavy atom. The number of aliphatic carboxylic acids is 1. The molecule has 0 bridgehead atoms. The minimum Gasteiger partial charge on any atom is -0.543 e. The van der Waals surface area contributed by atoms with Crippen LogP contribution in [0.5, 0.6) is 0 Å². The van der Waals surface area contributed by atoms with Crippen LogP contribution in [-0.4, -0.2) is 60.4 Å². The monoisotopic (exact) mass is 569 g/mol. The van der Waals surface area contributed by atoms with Gasteiger partial charge in [-0.15, -0.1) is 22.0 Å². The molecular formula is C18H14Cl2N5NaO5S3. The Kier molecular flexibility index (Phi) is 9.18. The average molecular weight is 570 g/mol. The van der Waals surface area contributed by atoms with Gasteiger partial charge in [-0.3, -0.25) is 19.3 Å². The van der Waals surface area contributed by atoms with Gasteiger partial charge in [-0.1, -0.05) is 46.3 Å². The molecule has 1 fully saturated rings. The molecule has 4 heterocycles. The number of amides is 2. The number of aryl methyl sites for hydroxylation is 1. The number of aromatic nitrogens is 3. The number of nitrogens with zero attached hydrogens (tertiary/aromatic N) is 4. The standard InChI is InChI=1S/C18H15Cl2N5O5S3.Na/c1-7-22-23-18(33-7)32-6-8-5-31-16-12(15(28)25(16)13(8)17(29)30)21-11(26)4-24-2-9(19)14(27)10(20)3-24;/h2-3,12,16H,4-6H2,1H3,(H,21,26)(H,29,30);/q;+1/p-1. The van der Waals surface area contributed by atoms with Gasteiger partial charge in [-0.05, 0) is 12.5 Å². The molecule has 16 heteroatoms. The molecule has 174 valence electrons. The molecule has 0 radical (unpaired) electrons. The van der Waals surface area contributed by atoms with E-state index in [-0.39, 0.29) is 51.8 Å². The van der Waals surface area contributed by atoms with Gasteiger partial charge in [0.15, 0.2) is 4.34 Å². The first-order valence-corrected chi connectivity index (χ1v) is 12.9. The van der Waals surface area contributed by atoms with Crippen LogP contribution < -0.4 is 45.4 Å². The minimum absolute atomic E-state index is 0. The predicted octanol–water partition coefficient (Wildman–Crippen LogP) is -2.48. The fraction of sp³-hybridized carbons (Fsp3) is 0.333. The Morgan fingerprint density at radius 2 is 1.94 bits per heavy atom. The van der Waals surface area contributed by atoms with Crippen molar-refractivity contribution in [1.82, 2.24) is 25.0 Å². The van der Waals surface area contributed by atoms with Crippen molar-refractivity contribution in [3.8, 4) is 0 Å². The van der Waals surface area contributed by atoms with Crippen molar-refractivity contribution in [1.29, 1.82) is 0 Å². The first kappa shape index (κ1) is 27.5. The van der Waals surface area contributed by atoms with Gasteiger partial charge in [0.2, 0.25) is 11.3 Å². The normalized spacial score (nSPS) is 19.3. The van der Waals surface area contributed by atoms with Gasteiger partial charge in [0, 0.05) is 23.9 Å². The first-order valence-electron chi connectivity index (χ1n) is 9.31. The van der Waals surface area contributed by atoms with E-state index in [0.717, 1.165) is 9.91 Å². The maximum Gasteiger partial charge on any atom is 1.00 e. The maximum absolute atomic E-state index is 12.7. The SMILES string of the molecule is Cc1nnc(SCC2=C(C(=O)[O-])N3C(=O)C(NC(=O)Cn4cc(Cl)c(=O)c(Cl)c4)C3SC2)s1.[Na+]. The Hall–Kier alpha value is -1.06. The Labute approximate surface area is 237 Å². The van der Waals surface area contributed by atoms with Crippen LogP contribution in [0.1, 0.15) is 5.01 Å². The van der Waals surface area contributed by atoms with Crippen molar-refractivity contribution >= 4 is 75.8 Å². The maximum atomic E-state index is 12.7. The molecule has 1 saturated heterocycles. The molecule has 2 atom stereocenters. The molecule has 10 nitrogen and oxygen atoms in total. The third-order valence-corrected chi connectivity index (χ3v) is 8.69. The summed E-state index contributed by atoms with van der Waals surface area (Å²) >= 11 is 15.7. The first-order chi connectivity index (χ1) is 15.7. The fourth-order valence-corrected chi connectivity index (χ4v) is 7.11. The number of nitrogens with one attached hydrogen (secondary N) is 1. The van der Waals surface area contributed by atoms with Crippen LogP contribution in [0.15, 0.2) is 32.8 Å². The number of β-lactam (4-membered cyclic amide) rings is 1. The zero-order chi connectivity index (χ0) is 23.9. The number of carboxylic acid groups (broad SMARTS) is 1. The number of hydrogen-bond acceptors (Lipinski definition) is 10. The summed E-state index contributed by atoms with van der Waals surface area (Å²) in [5.41, 5.74) is -0.165. The third-order valence-electron chi connectivity index (χ3n) is 4.75. The summed E-state index contributed by atoms with van der Waals surface area (Å²) in [6, 6.07) is -0.887. The summed E-state index contributed by atoms with van der Waals surface area (Å²) in [5.74, 6) is -1.81. The molecule has 0 spiro atoms. The van der Waals surface area contributed by atoms with Crippen LogP contribution in [-0.2, 0) is 20.9 Å². The van der Waals surface area contributed by atoms with Gasteiger partial charge in [-0.2, -0.15) is 0 Å². The smallest absolute Gasteiger partial charge is 0.543 e. The van der Waals surface area contributed by atoms with Crippen LogP contribution >= 0.6 is 58.1 Å².